The van der Waals surface area contributed by atoms with Gasteiger partial charge in [-0.05, 0) is 71.8 Å². The van der Waals surface area contributed by atoms with Gasteiger partial charge in [0.2, 0.25) is 23.6 Å². The number of hydrogen-bond acceptors (Lipinski definition) is 16. The largest absolute Gasteiger partial charge is 0.481 e. The number of ether oxygens (including phenoxy) is 4. The van der Waals surface area contributed by atoms with Crippen molar-refractivity contribution in [2.24, 2.45) is 5.92 Å². The van der Waals surface area contributed by atoms with Crippen molar-refractivity contribution >= 4 is 64.9 Å². The first kappa shape index (κ1) is 73.6. The summed E-state index contributed by atoms with van der Waals surface area (Å²) in [6.45, 7) is 2.13. The normalized spacial score (nSPS) is 12.6. The van der Waals surface area contributed by atoms with E-state index >= 15 is 0 Å². The van der Waals surface area contributed by atoms with Crippen LogP contribution in [0.3, 0.4) is 0 Å². The van der Waals surface area contributed by atoms with Crippen LogP contribution in [0, 0.1) is 5.92 Å². The van der Waals surface area contributed by atoms with Crippen LogP contribution < -0.4 is 26.6 Å². The molecule has 4 atom stereocenters. The summed E-state index contributed by atoms with van der Waals surface area (Å²) in [5.41, 5.74) is 0. The third-order valence-corrected chi connectivity index (χ3v) is 12.9. The second-order valence-electron chi connectivity index (χ2n) is 19.8. The van der Waals surface area contributed by atoms with E-state index in [4.69, 9.17) is 24.1 Å². The molecule has 0 unspecified atom stereocenters. The molecule has 0 saturated carbocycles. The van der Waals surface area contributed by atoms with Crippen LogP contribution in [0.5, 0.6) is 0 Å². The number of nitrogens with one attached hydrogen (secondary N) is 5. The Balaban J connectivity index is 0. The minimum absolute atomic E-state index is 0. The number of carbonyl (C=O) groups is 11. The van der Waals surface area contributed by atoms with Crippen LogP contribution >= 0.6 is 0 Å². The minimum Gasteiger partial charge on any atom is -0.481 e. The van der Waals surface area contributed by atoms with Gasteiger partial charge in [0.1, 0.15) is 36.9 Å². The van der Waals surface area contributed by atoms with Gasteiger partial charge >= 0.3 is 23.9 Å². The fraction of sp³-hybridized carbons (Fsp3) is 0.800. The summed E-state index contributed by atoms with van der Waals surface area (Å²) in [4.78, 5) is 131. The molecule has 456 valence electrons. The summed E-state index contributed by atoms with van der Waals surface area (Å²) in [6, 6.07) is -2.78. The van der Waals surface area contributed by atoms with Crippen molar-refractivity contribution in [1.29, 1.82) is 0 Å². The maximum Gasteiger partial charge on any atom is 0.326 e. The Morgan fingerprint density at radius 3 is 1.41 bits per heavy atom. The fourth-order valence-electron chi connectivity index (χ4n) is 8.20. The van der Waals surface area contributed by atoms with Gasteiger partial charge in [0, 0.05) is 66.1 Å². The summed E-state index contributed by atoms with van der Waals surface area (Å²) in [6.07, 6.45) is 16.5. The number of Topliss-reactive ketones (excluding diaryl/α,β-unsaturated/α-hetero) is 3. The van der Waals surface area contributed by atoms with Crippen LogP contribution in [0.1, 0.15) is 188 Å². The Labute approximate surface area is 467 Å². The van der Waals surface area contributed by atoms with E-state index in [1.807, 2.05) is 0 Å². The molecule has 0 bridgehead atoms. The van der Waals surface area contributed by atoms with Gasteiger partial charge < -0.3 is 66.0 Å². The van der Waals surface area contributed by atoms with Crippen molar-refractivity contribution in [2.45, 2.75) is 205 Å². The van der Waals surface area contributed by atoms with Gasteiger partial charge in [-0.15, -0.1) is 0 Å². The number of likely N-dealkylation sites (N-methyl/N-ethyl adjacent to an activating group) is 1. The van der Waals surface area contributed by atoms with Crippen LogP contribution in [0.15, 0.2) is 0 Å². The smallest absolute Gasteiger partial charge is 0.326 e. The van der Waals surface area contributed by atoms with Gasteiger partial charge in [0.15, 0.2) is 5.78 Å². The van der Waals surface area contributed by atoms with Crippen LogP contribution in [0.4, 0.5) is 0 Å². The molecule has 0 saturated heterocycles. The first-order valence-corrected chi connectivity index (χ1v) is 28.4. The zero-order chi connectivity index (χ0) is 58.9. The molecule has 0 fully saturated rings. The number of hydrogen-bond donors (Lipinski definition) is 9. The summed E-state index contributed by atoms with van der Waals surface area (Å²) < 4.78 is 21.4. The molecule has 0 rings (SSSR count). The molecule has 79 heavy (non-hydrogen) atoms. The molecule has 24 heteroatoms. The topological polar surface area (TPSA) is 366 Å². The van der Waals surface area contributed by atoms with Crippen molar-refractivity contribution in [3.63, 3.8) is 0 Å². The third kappa shape index (κ3) is 46.1. The highest BCUT2D eigenvalue weighted by Gasteiger charge is 2.26. The lowest BCUT2D eigenvalue weighted by Gasteiger charge is -2.16. The molecular formula is C55H97N5O19. The Bertz CT molecular complexity index is 1790. The molecule has 0 aromatic carbocycles. The number of aliphatic carboxylic acids is 4. The minimum atomic E-state index is -1.38. The van der Waals surface area contributed by atoms with Crippen LogP contribution in [0.25, 0.3) is 0 Å². The highest BCUT2D eigenvalue weighted by Crippen LogP contribution is 2.16. The Kier molecular flexibility index (Phi) is 46.2. The summed E-state index contributed by atoms with van der Waals surface area (Å²) in [7, 11) is 1.69. The van der Waals surface area contributed by atoms with E-state index in [-0.39, 0.29) is 136 Å². The van der Waals surface area contributed by atoms with Gasteiger partial charge in [-0.1, -0.05) is 77.0 Å². The predicted molar refractivity (Wildman–Crippen MR) is 292 cm³/mol. The van der Waals surface area contributed by atoms with E-state index in [9.17, 15) is 68.1 Å². The third-order valence-electron chi connectivity index (χ3n) is 12.9. The first-order chi connectivity index (χ1) is 37.9. The van der Waals surface area contributed by atoms with Gasteiger partial charge in [-0.25, -0.2) is 9.59 Å². The molecular weight excluding hydrogens is 1030 g/mol. The average Bonchev–Trinajstić information content (AvgIpc) is 3.39. The summed E-state index contributed by atoms with van der Waals surface area (Å²) in [5.74, 6) is -8.34. The Hall–Kier alpha value is -5.43. The van der Waals surface area contributed by atoms with E-state index in [0.717, 1.165) is 51.4 Å². The van der Waals surface area contributed by atoms with Gasteiger partial charge in [0.05, 0.1) is 45.0 Å². The quantitative estimate of drug-likeness (QED) is 0.0373. The highest BCUT2D eigenvalue weighted by atomic mass is 16.5. The molecule has 0 aliphatic rings. The zero-order valence-corrected chi connectivity index (χ0v) is 47.1. The molecule has 0 aliphatic heterocycles. The summed E-state index contributed by atoms with van der Waals surface area (Å²) >= 11 is 0. The summed E-state index contributed by atoms with van der Waals surface area (Å²) in [5, 5.41) is 50.4. The van der Waals surface area contributed by atoms with Crippen molar-refractivity contribution < 1.29 is 93.5 Å². The van der Waals surface area contributed by atoms with Crippen molar-refractivity contribution in [2.75, 3.05) is 73.0 Å². The highest BCUT2D eigenvalue weighted by molar-refractivity contribution is 5.87. The second kappa shape index (κ2) is 49.6. The number of unbranched alkanes of at least 4 members (excludes halogenated alkanes) is 14. The van der Waals surface area contributed by atoms with Gasteiger partial charge in [-0.2, -0.15) is 0 Å². The first-order valence-electron chi connectivity index (χ1n) is 28.4. The second-order valence-corrected chi connectivity index (χ2v) is 19.8. The number of carboxylic acid groups (broad SMARTS) is 4. The Morgan fingerprint density at radius 2 is 0.873 bits per heavy atom. The fourth-order valence-corrected chi connectivity index (χ4v) is 8.20. The molecule has 0 aromatic rings. The van der Waals surface area contributed by atoms with Crippen LogP contribution in [0.2, 0.25) is 0 Å². The van der Waals surface area contributed by atoms with Gasteiger partial charge in [0.25, 0.3) is 0 Å². The van der Waals surface area contributed by atoms with E-state index < -0.39 is 78.4 Å². The molecule has 0 radical (unpaired) electrons. The lowest BCUT2D eigenvalue weighted by molar-refractivity contribution is -0.145. The van der Waals surface area contributed by atoms with Crippen molar-refractivity contribution in [3.8, 4) is 0 Å². The monoisotopic (exact) mass is 1130 g/mol. The number of carboxylic acids is 4. The zero-order valence-electron chi connectivity index (χ0n) is 47.1. The molecule has 0 heterocycles. The maximum atomic E-state index is 12.5. The lowest BCUT2D eigenvalue weighted by Crippen LogP contribution is -2.42. The Morgan fingerprint density at radius 1 is 0.392 bits per heavy atom. The number of carbonyl (C=O) groups excluding carboxylic acids is 7. The molecule has 0 aliphatic carbocycles. The van der Waals surface area contributed by atoms with E-state index in [1.54, 1.807) is 7.05 Å². The molecule has 9 N–H and O–H groups in total. The van der Waals surface area contributed by atoms with E-state index in [0.29, 0.717) is 38.6 Å². The van der Waals surface area contributed by atoms with E-state index in [1.165, 1.54) is 39.0 Å². The van der Waals surface area contributed by atoms with E-state index in [2.05, 4.69) is 26.6 Å². The molecule has 4 amide bonds. The standard InChI is InChI=1S/C55H95N5O19.H2/c1-41(61)45(56-2)21-17-18-30-57-48(64)29-27-47(55(74)75)60-50(66)28-24-42(53(70)71)38-44(63)39-78-36-35-77-33-31-58-51(67)40-79-37-34-76-32-19-20-43(62)25-26-46(54(72)73)59-49(65)22-15-13-11-9-7-5-3-4-6-8-10-12-14-16-23-52(68)69;/h42,45-47,56H,3-40H2,1-2H3,(H,57,64)(H,58,67)(H,59,65)(H,60,66)(H,68,69)(H,70,71)(H,72,73)(H,74,75);1H/t42-,45+,46+,47+;/m1./s1. The molecule has 0 spiro atoms. The predicted octanol–water partition coefficient (Wildman–Crippen LogP) is 4.69. The number of amides is 4. The van der Waals surface area contributed by atoms with Crippen molar-refractivity contribution in [3.05, 3.63) is 0 Å². The average molecular weight is 1130 g/mol. The van der Waals surface area contributed by atoms with Crippen LogP contribution in [-0.4, -0.2) is 176 Å². The molecule has 24 nitrogen and oxygen atoms in total. The lowest BCUT2D eigenvalue weighted by atomic mass is 9.97. The number of rotatable bonds is 57. The number of ketones is 3. The molecule has 0 aromatic heterocycles. The van der Waals surface area contributed by atoms with Crippen molar-refractivity contribution in [1.82, 2.24) is 26.6 Å². The van der Waals surface area contributed by atoms with Gasteiger partial charge in [-0.3, -0.25) is 43.2 Å². The van der Waals surface area contributed by atoms with Crippen LogP contribution in [-0.2, 0) is 71.7 Å². The maximum absolute atomic E-state index is 12.5. The SMILES string of the molecule is CN[C@@H](CCCCNC(=O)CC[C@H](NC(=O)CC[C@H](CC(=O)COCCOCCNC(=O)COCCOCCCC(=O)CC[C@H](NC(=O)CCCCCCCCCCCCCCCCC(=O)O)C(=O)O)C(=O)O)C(=O)O)C(C)=O.[HH].